The number of alkyl halides is 1. The van der Waals surface area contributed by atoms with Crippen LogP contribution in [0.4, 0.5) is 0 Å². The Morgan fingerprint density at radius 1 is 0.640 bits per heavy atom. The maximum Gasteiger partial charge on any atom is 0.305 e. The fourth-order valence-electron chi connectivity index (χ4n) is 3.10. The third-order valence-corrected chi connectivity index (χ3v) is 5.54. The van der Waals surface area contributed by atoms with E-state index in [4.69, 9.17) is 4.74 Å². The lowest BCUT2D eigenvalue weighted by molar-refractivity contribution is -0.143. The van der Waals surface area contributed by atoms with Gasteiger partial charge in [-0.2, -0.15) is 0 Å². The first-order valence-corrected chi connectivity index (χ1v) is 12.6. The Kier molecular flexibility index (Phi) is 22.4. The molecule has 0 aromatic rings. The zero-order valence-corrected chi connectivity index (χ0v) is 19.0. The standard InChI is InChI=1S/C22H43IO2/c1-2-3-4-5-6-7-8-9-10-11-12-13-14-15-16-19-22(24)25-21-18-17-20-23/h2-21H2,1H3. The highest BCUT2D eigenvalue weighted by Gasteiger charge is 2.02. The fourth-order valence-corrected chi connectivity index (χ4v) is 3.63. The summed E-state index contributed by atoms with van der Waals surface area (Å²) >= 11 is 2.36. The summed E-state index contributed by atoms with van der Waals surface area (Å²) in [7, 11) is 0. The quantitative estimate of drug-likeness (QED) is 0.0786. The summed E-state index contributed by atoms with van der Waals surface area (Å²) in [6.07, 6.45) is 23.1. The Hall–Kier alpha value is 0.200. The van der Waals surface area contributed by atoms with E-state index in [0.29, 0.717) is 13.0 Å². The van der Waals surface area contributed by atoms with Crippen LogP contribution < -0.4 is 0 Å². The average molecular weight is 466 g/mol. The van der Waals surface area contributed by atoms with Crippen molar-refractivity contribution in [3.63, 3.8) is 0 Å². The molecule has 0 aliphatic rings. The number of hydrogen-bond donors (Lipinski definition) is 0. The van der Waals surface area contributed by atoms with Gasteiger partial charge in [0.15, 0.2) is 0 Å². The molecule has 0 amide bonds. The number of hydrogen-bond acceptors (Lipinski definition) is 2. The molecule has 0 fully saturated rings. The molecule has 0 saturated carbocycles. The zero-order chi connectivity index (χ0) is 18.4. The molecule has 0 bridgehead atoms. The molecule has 3 heteroatoms. The van der Waals surface area contributed by atoms with Gasteiger partial charge in [0.2, 0.25) is 0 Å². The maximum atomic E-state index is 11.5. The largest absolute Gasteiger partial charge is 0.466 e. The lowest BCUT2D eigenvalue weighted by Crippen LogP contribution is -2.05. The van der Waals surface area contributed by atoms with Gasteiger partial charge in [-0.1, -0.05) is 119 Å². The molecule has 2 nitrogen and oxygen atoms in total. The van der Waals surface area contributed by atoms with Gasteiger partial charge in [-0.3, -0.25) is 4.79 Å². The normalized spacial score (nSPS) is 11.0. The molecule has 0 aromatic carbocycles. The van der Waals surface area contributed by atoms with Crippen LogP contribution in [0.2, 0.25) is 0 Å². The zero-order valence-electron chi connectivity index (χ0n) is 16.8. The first-order valence-electron chi connectivity index (χ1n) is 11.0. The van der Waals surface area contributed by atoms with Crippen LogP contribution in [0, 0.1) is 0 Å². The number of halogens is 1. The summed E-state index contributed by atoms with van der Waals surface area (Å²) in [4.78, 5) is 11.5. The van der Waals surface area contributed by atoms with Crippen LogP contribution in [-0.4, -0.2) is 17.0 Å². The van der Waals surface area contributed by atoms with Crippen LogP contribution in [0.3, 0.4) is 0 Å². The second-order valence-electron chi connectivity index (χ2n) is 7.32. The van der Waals surface area contributed by atoms with Gasteiger partial charge < -0.3 is 4.74 Å². The molecule has 25 heavy (non-hydrogen) atoms. The number of unbranched alkanes of at least 4 members (excludes halogenated alkanes) is 15. The maximum absolute atomic E-state index is 11.5. The van der Waals surface area contributed by atoms with E-state index in [0.717, 1.165) is 23.7 Å². The van der Waals surface area contributed by atoms with E-state index in [2.05, 4.69) is 29.5 Å². The lowest BCUT2D eigenvalue weighted by Gasteiger charge is -2.05. The van der Waals surface area contributed by atoms with Gasteiger partial charge in [-0.05, 0) is 23.7 Å². The van der Waals surface area contributed by atoms with Crippen molar-refractivity contribution in [3.8, 4) is 0 Å². The van der Waals surface area contributed by atoms with Crippen LogP contribution in [0.1, 0.15) is 122 Å². The van der Waals surface area contributed by atoms with Gasteiger partial charge in [-0.25, -0.2) is 0 Å². The monoisotopic (exact) mass is 466 g/mol. The summed E-state index contributed by atoms with van der Waals surface area (Å²) in [6.45, 7) is 2.89. The van der Waals surface area contributed by atoms with E-state index in [1.807, 2.05) is 0 Å². The molecule has 0 atom stereocenters. The molecular weight excluding hydrogens is 423 g/mol. The van der Waals surface area contributed by atoms with E-state index >= 15 is 0 Å². The van der Waals surface area contributed by atoms with Gasteiger partial charge in [0, 0.05) is 6.42 Å². The van der Waals surface area contributed by atoms with Crippen molar-refractivity contribution in [1.29, 1.82) is 0 Å². The molecule has 0 aliphatic heterocycles. The third kappa shape index (κ3) is 22.2. The predicted octanol–water partition coefficient (Wildman–Crippen LogP) is 8.01. The van der Waals surface area contributed by atoms with Crippen molar-refractivity contribution in [2.45, 2.75) is 122 Å². The van der Waals surface area contributed by atoms with Crippen molar-refractivity contribution in [2.24, 2.45) is 0 Å². The van der Waals surface area contributed by atoms with Crippen molar-refractivity contribution in [3.05, 3.63) is 0 Å². The van der Waals surface area contributed by atoms with Crippen LogP contribution in [0.15, 0.2) is 0 Å². The molecule has 0 unspecified atom stereocenters. The van der Waals surface area contributed by atoms with Crippen LogP contribution in [0.5, 0.6) is 0 Å². The summed E-state index contributed by atoms with van der Waals surface area (Å²) < 4.78 is 6.37. The summed E-state index contributed by atoms with van der Waals surface area (Å²) in [6, 6.07) is 0. The van der Waals surface area contributed by atoms with Gasteiger partial charge >= 0.3 is 5.97 Å². The van der Waals surface area contributed by atoms with E-state index in [9.17, 15) is 4.79 Å². The molecule has 150 valence electrons. The molecular formula is C22H43IO2. The summed E-state index contributed by atoms with van der Waals surface area (Å²) in [5, 5.41) is 0. The molecule has 0 saturated heterocycles. The van der Waals surface area contributed by atoms with Crippen molar-refractivity contribution in [1.82, 2.24) is 0 Å². The Bertz CT molecular complexity index is 269. The molecule has 0 aliphatic carbocycles. The molecule has 0 heterocycles. The van der Waals surface area contributed by atoms with Crippen LogP contribution in [0.25, 0.3) is 0 Å². The number of esters is 1. The molecule has 0 N–H and O–H groups in total. The van der Waals surface area contributed by atoms with Gasteiger partial charge in [0.1, 0.15) is 0 Å². The number of carbonyl (C=O) groups excluding carboxylic acids is 1. The number of ether oxygens (including phenoxy) is 1. The van der Waals surface area contributed by atoms with E-state index in [-0.39, 0.29) is 5.97 Å². The van der Waals surface area contributed by atoms with Crippen LogP contribution >= 0.6 is 22.6 Å². The summed E-state index contributed by atoms with van der Waals surface area (Å²) in [5.74, 6) is 0.00292. The number of rotatable bonds is 20. The lowest BCUT2D eigenvalue weighted by atomic mass is 10.0. The minimum atomic E-state index is 0.00292. The van der Waals surface area contributed by atoms with Crippen molar-refractivity contribution >= 4 is 28.6 Å². The molecule has 0 spiro atoms. The van der Waals surface area contributed by atoms with E-state index < -0.39 is 0 Å². The fraction of sp³-hybridized carbons (Fsp3) is 0.955. The topological polar surface area (TPSA) is 26.3 Å². The minimum absolute atomic E-state index is 0.00292. The number of carbonyl (C=O) groups is 1. The Morgan fingerprint density at radius 3 is 1.52 bits per heavy atom. The van der Waals surface area contributed by atoms with Gasteiger partial charge in [0.25, 0.3) is 0 Å². The third-order valence-electron chi connectivity index (χ3n) is 4.78. The van der Waals surface area contributed by atoms with Gasteiger partial charge in [-0.15, -0.1) is 0 Å². The highest BCUT2D eigenvalue weighted by atomic mass is 127. The first-order chi connectivity index (χ1) is 12.3. The predicted molar refractivity (Wildman–Crippen MR) is 119 cm³/mol. The van der Waals surface area contributed by atoms with Crippen molar-refractivity contribution < 1.29 is 9.53 Å². The minimum Gasteiger partial charge on any atom is -0.466 e. The van der Waals surface area contributed by atoms with Crippen molar-refractivity contribution in [2.75, 3.05) is 11.0 Å². The SMILES string of the molecule is CCCCCCCCCCCCCCCCCC(=O)OCCCCI. The molecule has 0 aromatic heterocycles. The second-order valence-corrected chi connectivity index (χ2v) is 8.40. The first kappa shape index (κ1) is 25.2. The molecule has 0 radical (unpaired) electrons. The highest BCUT2D eigenvalue weighted by molar-refractivity contribution is 14.1. The Morgan fingerprint density at radius 2 is 1.08 bits per heavy atom. The summed E-state index contributed by atoms with van der Waals surface area (Å²) in [5.41, 5.74) is 0. The van der Waals surface area contributed by atoms with E-state index in [1.54, 1.807) is 0 Å². The Balaban J connectivity index is 3.08. The van der Waals surface area contributed by atoms with Gasteiger partial charge in [0.05, 0.1) is 6.61 Å². The molecule has 0 rings (SSSR count). The highest BCUT2D eigenvalue weighted by Crippen LogP contribution is 2.13. The smallest absolute Gasteiger partial charge is 0.305 e. The van der Waals surface area contributed by atoms with Crippen LogP contribution in [-0.2, 0) is 9.53 Å². The average Bonchev–Trinajstić information content (AvgIpc) is 2.62. The van der Waals surface area contributed by atoms with E-state index in [1.165, 1.54) is 89.9 Å². The Labute approximate surface area is 171 Å². The second kappa shape index (κ2) is 22.2.